The van der Waals surface area contributed by atoms with Gasteiger partial charge in [-0.15, -0.1) is 0 Å². The maximum absolute atomic E-state index is 3.67. The number of benzene rings is 1. The molecule has 3 rings (SSSR count). The zero-order valence-electron chi connectivity index (χ0n) is 13.1. The van der Waals surface area contributed by atoms with Gasteiger partial charge >= 0.3 is 0 Å². The lowest BCUT2D eigenvalue weighted by atomic mass is 9.95. The zero-order chi connectivity index (χ0) is 14.7. The third-order valence-electron chi connectivity index (χ3n) is 5.17. The average Bonchev–Trinajstić information content (AvgIpc) is 3.16. The van der Waals surface area contributed by atoms with Crippen LogP contribution in [0.15, 0.2) is 22.7 Å². The van der Waals surface area contributed by atoms with E-state index in [-0.39, 0.29) is 0 Å². The smallest absolute Gasteiger partial charge is 0.0425 e. The molecule has 1 saturated heterocycles. The Bertz CT molecular complexity index is 468. The molecule has 1 N–H and O–H groups in total. The van der Waals surface area contributed by atoms with Gasteiger partial charge in [0.05, 0.1) is 0 Å². The van der Waals surface area contributed by atoms with Crippen LogP contribution in [0.1, 0.15) is 51.0 Å². The van der Waals surface area contributed by atoms with E-state index in [0.29, 0.717) is 0 Å². The first kappa shape index (κ1) is 15.4. The minimum Gasteiger partial charge on any atom is -0.368 e. The molecule has 2 aliphatic rings. The topological polar surface area (TPSA) is 15.3 Å². The molecule has 1 aromatic carbocycles. The van der Waals surface area contributed by atoms with Gasteiger partial charge in [0.15, 0.2) is 0 Å². The Morgan fingerprint density at radius 2 is 2.00 bits per heavy atom. The van der Waals surface area contributed by atoms with Crippen LogP contribution in [0, 0.1) is 5.92 Å². The molecule has 2 fully saturated rings. The van der Waals surface area contributed by atoms with Crippen molar-refractivity contribution in [3.63, 3.8) is 0 Å². The lowest BCUT2D eigenvalue weighted by molar-refractivity contribution is 0.430. The van der Waals surface area contributed by atoms with Crippen LogP contribution in [-0.4, -0.2) is 19.1 Å². The van der Waals surface area contributed by atoms with Crippen molar-refractivity contribution in [2.24, 2.45) is 5.92 Å². The number of hydrogen-bond donors (Lipinski definition) is 1. The maximum Gasteiger partial charge on any atom is 0.0425 e. The van der Waals surface area contributed by atoms with Gasteiger partial charge in [-0.1, -0.05) is 41.8 Å². The highest BCUT2D eigenvalue weighted by Crippen LogP contribution is 2.39. The molecular formula is C18H27BrN2. The van der Waals surface area contributed by atoms with E-state index in [1.54, 1.807) is 0 Å². The summed E-state index contributed by atoms with van der Waals surface area (Å²) < 4.78 is 1.20. The van der Waals surface area contributed by atoms with Gasteiger partial charge in [-0.05, 0) is 55.8 Å². The number of hydrogen-bond acceptors (Lipinski definition) is 2. The van der Waals surface area contributed by atoms with Crippen LogP contribution in [0.4, 0.5) is 5.69 Å². The van der Waals surface area contributed by atoms with E-state index < -0.39 is 0 Å². The molecular weight excluding hydrogens is 324 g/mol. The Morgan fingerprint density at radius 3 is 2.76 bits per heavy atom. The Morgan fingerprint density at radius 1 is 1.19 bits per heavy atom. The minimum atomic E-state index is 0.780. The van der Waals surface area contributed by atoms with Crippen molar-refractivity contribution in [1.82, 2.24) is 5.32 Å². The fourth-order valence-electron chi connectivity index (χ4n) is 4.14. The SMILES string of the molecule is CCNCc1ccc(Br)cc1N1CCCC1C1CCCC1. The van der Waals surface area contributed by atoms with Crippen LogP contribution < -0.4 is 10.2 Å². The van der Waals surface area contributed by atoms with Gasteiger partial charge in [-0.3, -0.25) is 0 Å². The molecule has 3 heteroatoms. The maximum atomic E-state index is 3.67. The summed E-state index contributed by atoms with van der Waals surface area (Å²) >= 11 is 3.67. The molecule has 1 saturated carbocycles. The van der Waals surface area contributed by atoms with E-state index in [2.05, 4.69) is 51.3 Å². The van der Waals surface area contributed by atoms with E-state index in [0.717, 1.165) is 25.0 Å². The molecule has 1 atom stereocenters. The van der Waals surface area contributed by atoms with E-state index in [9.17, 15) is 0 Å². The van der Waals surface area contributed by atoms with Gasteiger partial charge in [0.1, 0.15) is 0 Å². The highest BCUT2D eigenvalue weighted by molar-refractivity contribution is 9.10. The van der Waals surface area contributed by atoms with Gasteiger partial charge in [-0.2, -0.15) is 0 Å². The average molecular weight is 351 g/mol. The number of anilines is 1. The van der Waals surface area contributed by atoms with Crippen LogP contribution >= 0.6 is 15.9 Å². The Hall–Kier alpha value is -0.540. The standard InChI is InChI=1S/C18H27BrN2/c1-2-20-13-15-9-10-16(19)12-18(15)21-11-5-8-17(21)14-6-3-4-7-14/h9-10,12,14,17,20H,2-8,11,13H2,1H3. The first-order valence-corrected chi connectivity index (χ1v) is 9.34. The van der Waals surface area contributed by atoms with Crippen LogP contribution in [-0.2, 0) is 6.54 Å². The quantitative estimate of drug-likeness (QED) is 0.826. The monoisotopic (exact) mass is 350 g/mol. The number of nitrogens with zero attached hydrogens (tertiary/aromatic N) is 1. The molecule has 1 aromatic rings. The van der Waals surface area contributed by atoms with Crippen molar-refractivity contribution in [1.29, 1.82) is 0 Å². The molecule has 1 aliphatic heterocycles. The fraction of sp³-hybridized carbons (Fsp3) is 0.667. The van der Waals surface area contributed by atoms with Crippen molar-refractivity contribution < 1.29 is 0 Å². The van der Waals surface area contributed by atoms with Crippen LogP contribution in [0.3, 0.4) is 0 Å². The summed E-state index contributed by atoms with van der Waals surface area (Å²) in [5.41, 5.74) is 2.91. The second-order valence-electron chi connectivity index (χ2n) is 6.50. The lowest BCUT2D eigenvalue weighted by Gasteiger charge is -2.33. The Balaban J connectivity index is 1.84. The molecule has 0 bridgehead atoms. The van der Waals surface area contributed by atoms with Crippen LogP contribution in [0.2, 0.25) is 0 Å². The normalized spacial score (nSPS) is 23.1. The summed E-state index contributed by atoms with van der Waals surface area (Å²) in [6, 6.07) is 7.57. The summed E-state index contributed by atoms with van der Waals surface area (Å²) in [5, 5.41) is 3.49. The van der Waals surface area contributed by atoms with E-state index >= 15 is 0 Å². The molecule has 21 heavy (non-hydrogen) atoms. The highest BCUT2D eigenvalue weighted by atomic mass is 79.9. The van der Waals surface area contributed by atoms with Gasteiger partial charge in [0.25, 0.3) is 0 Å². The van der Waals surface area contributed by atoms with Crippen molar-refractivity contribution >= 4 is 21.6 Å². The summed E-state index contributed by atoms with van der Waals surface area (Å²) in [6.07, 6.45) is 8.51. The molecule has 0 radical (unpaired) electrons. The highest BCUT2D eigenvalue weighted by Gasteiger charge is 2.34. The van der Waals surface area contributed by atoms with Gasteiger partial charge in [0, 0.05) is 29.3 Å². The van der Waals surface area contributed by atoms with E-state index in [1.807, 2.05) is 0 Å². The molecule has 116 valence electrons. The Labute approximate surface area is 137 Å². The lowest BCUT2D eigenvalue weighted by Crippen LogP contribution is -2.35. The van der Waals surface area contributed by atoms with E-state index in [1.165, 1.54) is 60.8 Å². The Kier molecular flexibility index (Phi) is 5.23. The van der Waals surface area contributed by atoms with E-state index in [4.69, 9.17) is 0 Å². The number of nitrogens with one attached hydrogen (secondary N) is 1. The predicted octanol–water partition coefficient (Wildman–Crippen LogP) is 4.72. The molecule has 1 aliphatic carbocycles. The number of halogens is 1. The van der Waals surface area contributed by atoms with Crippen molar-refractivity contribution in [3.05, 3.63) is 28.2 Å². The summed E-state index contributed by atoms with van der Waals surface area (Å²) in [7, 11) is 0. The first-order chi connectivity index (χ1) is 10.3. The van der Waals surface area contributed by atoms with Crippen LogP contribution in [0.25, 0.3) is 0 Å². The largest absolute Gasteiger partial charge is 0.368 e. The third kappa shape index (κ3) is 3.45. The molecule has 0 amide bonds. The van der Waals surface area contributed by atoms with Crippen LogP contribution in [0.5, 0.6) is 0 Å². The molecule has 1 heterocycles. The van der Waals surface area contributed by atoms with Gasteiger partial charge in [0.2, 0.25) is 0 Å². The second-order valence-corrected chi connectivity index (χ2v) is 7.42. The van der Waals surface area contributed by atoms with Crippen molar-refractivity contribution in [2.45, 2.75) is 58.0 Å². The van der Waals surface area contributed by atoms with Gasteiger partial charge in [-0.25, -0.2) is 0 Å². The number of rotatable bonds is 5. The van der Waals surface area contributed by atoms with Gasteiger partial charge < -0.3 is 10.2 Å². The predicted molar refractivity (Wildman–Crippen MR) is 93.8 cm³/mol. The van der Waals surface area contributed by atoms with Crippen molar-refractivity contribution in [3.8, 4) is 0 Å². The second kappa shape index (κ2) is 7.15. The molecule has 0 spiro atoms. The zero-order valence-corrected chi connectivity index (χ0v) is 14.7. The minimum absolute atomic E-state index is 0.780. The molecule has 1 unspecified atom stereocenters. The summed E-state index contributed by atoms with van der Waals surface area (Å²) in [6.45, 7) is 5.42. The first-order valence-electron chi connectivity index (χ1n) is 8.55. The molecule has 0 aromatic heterocycles. The molecule has 2 nitrogen and oxygen atoms in total. The summed E-state index contributed by atoms with van der Waals surface area (Å²) in [5.74, 6) is 0.929. The van der Waals surface area contributed by atoms with Crippen molar-refractivity contribution in [2.75, 3.05) is 18.0 Å². The third-order valence-corrected chi connectivity index (χ3v) is 5.66. The summed E-state index contributed by atoms with van der Waals surface area (Å²) in [4.78, 5) is 2.72. The fourth-order valence-corrected chi connectivity index (χ4v) is 4.49.